The van der Waals surface area contributed by atoms with Crippen LogP contribution in [-0.4, -0.2) is 42.9 Å². The lowest BCUT2D eigenvalue weighted by atomic mass is 9.86. The number of rotatable bonds is 5. The molecule has 0 aromatic heterocycles. The van der Waals surface area contributed by atoms with Gasteiger partial charge in [0.15, 0.2) is 0 Å². The Morgan fingerprint density at radius 3 is 2.52 bits per heavy atom. The molecule has 0 aliphatic carbocycles. The summed E-state index contributed by atoms with van der Waals surface area (Å²) in [6.07, 6.45) is 0.939. The van der Waals surface area contributed by atoms with Crippen LogP contribution in [0.2, 0.25) is 0 Å². The van der Waals surface area contributed by atoms with Gasteiger partial charge in [0.05, 0.1) is 25.9 Å². The number of β-amino-alcohol motifs (C(OH)–C–C–N with tert-alkyl or cyclic N) is 1. The van der Waals surface area contributed by atoms with Crippen LogP contribution < -0.4 is 9.47 Å². The standard InChI is InChI=1S/C21H27NO3/c1-21(2,23)14-22-12-11-15-13-16(24-3)9-10-17(15)20(22)18-7-5-6-8-19(18)25-4/h5-10,13,20,23H,11-12,14H2,1-4H3/t20-/m1/s1. The monoisotopic (exact) mass is 341 g/mol. The van der Waals surface area contributed by atoms with E-state index in [1.807, 2.05) is 38.1 Å². The van der Waals surface area contributed by atoms with E-state index in [-0.39, 0.29) is 6.04 Å². The number of hydrogen-bond acceptors (Lipinski definition) is 4. The second-order valence-electron chi connectivity index (χ2n) is 7.24. The fourth-order valence-corrected chi connectivity index (χ4v) is 3.71. The summed E-state index contributed by atoms with van der Waals surface area (Å²) in [5.41, 5.74) is 2.91. The van der Waals surface area contributed by atoms with Crippen LogP contribution in [0.3, 0.4) is 0 Å². The Morgan fingerprint density at radius 2 is 1.84 bits per heavy atom. The second-order valence-corrected chi connectivity index (χ2v) is 7.24. The van der Waals surface area contributed by atoms with Gasteiger partial charge >= 0.3 is 0 Å². The highest BCUT2D eigenvalue weighted by Crippen LogP contribution is 2.40. The van der Waals surface area contributed by atoms with Crippen LogP contribution in [-0.2, 0) is 6.42 Å². The molecule has 0 amide bonds. The molecule has 0 spiro atoms. The molecule has 0 unspecified atom stereocenters. The Morgan fingerprint density at radius 1 is 1.08 bits per heavy atom. The normalized spacial score (nSPS) is 17.9. The van der Waals surface area contributed by atoms with Crippen molar-refractivity contribution in [1.29, 1.82) is 0 Å². The van der Waals surface area contributed by atoms with Crippen LogP contribution in [0.5, 0.6) is 11.5 Å². The third-order valence-electron chi connectivity index (χ3n) is 4.70. The van der Waals surface area contributed by atoms with E-state index in [4.69, 9.17) is 9.47 Å². The summed E-state index contributed by atoms with van der Waals surface area (Å²) in [6, 6.07) is 14.5. The Kier molecular flexibility index (Phi) is 5.02. The minimum atomic E-state index is -0.760. The lowest BCUT2D eigenvalue weighted by molar-refractivity contribution is 0.0234. The second kappa shape index (κ2) is 7.06. The van der Waals surface area contributed by atoms with Gasteiger partial charge in [0.25, 0.3) is 0 Å². The van der Waals surface area contributed by atoms with Crippen LogP contribution in [0.25, 0.3) is 0 Å². The average molecular weight is 341 g/mol. The van der Waals surface area contributed by atoms with Gasteiger partial charge in [-0.15, -0.1) is 0 Å². The van der Waals surface area contributed by atoms with E-state index in [9.17, 15) is 5.11 Å². The molecule has 0 saturated carbocycles. The molecule has 1 atom stereocenters. The van der Waals surface area contributed by atoms with Crippen LogP contribution in [0.4, 0.5) is 0 Å². The summed E-state index contributed by atoms with van der Waals surface area (Å²) in [6.45, 7) is 5.19. The number of nitrogens with zero attached hydrogens (tertiary/aromatic N) is 1. The van der Waals surface area contributed by atoms with Crippen LogP contribution in [0.15, 0.2) is 42.5 Å². The number of aliphatic hydroxyl groups is 1. The Balaban J connectivity index is 2.10. The van der Waals surface area contributed by atoms with Crippen molar-refractivity contribution in [3.63, 3.8) is 0 Å². The van der Waals surface area contributed by atoms with Gasteiger partial charge < -0.3 is 14.6 Å². The molecule has 1 aliphatic rings. The number of hydrogen-bond donors (Lipinski definition) is 1. The molecule has 2 aromatic carbocycles. The predicted molar refractivity (Wildman–Crippen MR) is 99.4 cm³/mol. The van der Waals surface area contributed by atoms with Crippen molar-refractivity contribution in [2.24, 2.45) is 0 Å². The van der Waals surface area contributed by atoms with Gasteiger partial charge in [-0.3, -0.25) is 4.90 Å². The third-order valence-corrected chi connectivity index (χ3v) is 4.70. The summed E-state index contributed by atoms with van der Waals surface area (Å²) >= 11 is 0. The van der Waals surface area contributed by atoms with E-state index in [0.717, 1.165) is 30.0 Å². The maximum Gasteiger partial charge on any atom is 0.123 e. The molecule has 0 saturated heterocycles. The number of benzene rings is 2. The van der Waals surface area contributed by atoms with E-state index >= 15 is 0 Å². The summed E-state index contributed by atoms with van der Waals surface area (Å²) in [7, 11) is 3.40. The van der Waals surface area contributed by atoms with E-state index in [0.29, 0.717) is 6.54 Å². The van der Waals surface area contributed by atoms with Gasteiger partial charge in [-0.1, -0.05) is 24.3 Å². The summed E-state index contributed by atoms with van der Waals surface area (Å²) in [4.78, 5) is 2.34. The molecule has 2 aromatic rings. The maximum atomic E-state index is 10.4. The zero-order chi connectivity index (χ0) is 18.0. The maximum absolute atomic E-state index is 10.4. The zero-order valence-corrected chi connectivity index (χ0v) is 15.5. The van der Waals surface area contributed by atoms with Crippen molar-refractivity contribution in [2.45, 2.75) is 31.9 Å². The Labute approximate surface area is 150 Å². The number of para-hydroxylation sites is 1. The highest BCUT2D eigenvalue weighted by atomic mass is 16.5. The lowest BCUT2D eigenvalue weighted by Gasteiger charge is -2.40. The SMILES string of the molecule is COc1ccc2c(c1)CCN(CC(C)(C)O)[C@H]2c1ccccc1OC. The molecule has 134 valence electrons. The molecule has 1 aliphatic heterocycles. The van der Waals surface area contributed by atoms with E-state index in [1.54, 1.807) is 14.2 Å². The summed E-state index contributed by atoms with van der Waals surface area (Å²) in [5.74, 6) is 1.75. The van der Waals surface area contributed by atoms with Crippen molar-refractivity contribution < 1.29 is 14.6 Å². The first kappa shape index (κ1) is 17.8. The Bertz CT molecular complexity index is 736. The number of ether oxygens (including phenoxy) is 2. The van der Waals surface area contributed by atoms with Crippen LogP contribution >= 0.6 is 0 Å². The first-order valence-corrected chi connectivity index (χ1v) is 8.69. The van der Waals surface area contributed by atoms with Crippen molar-refractivity contribution in [3.05, 3.63) is 59.2 Å². The van der Waals surface area contributed by atoms with Gasteiger partial charge in [-0.25, -0.2) is 0 Å². The minimum absolute atomic E-state index is 0.0530. The molecular formula is C21H27NO3. The van der Waals surface area contributed by atoms with Crippen LogP contribution in [0.1, 0.15) is 36.6 Å². The topological polar surface area (TPSA) is 41.9 Å². The molecule has 4 nitrogen and oxygen atoms in total. The summed E-state index contributed by atoms with van der Waals surface area (Å²) < 4.78 is 11.0. The fourth-order valence-electron chi connectivity index (χ4n) is 3.71. The highest BCUT2D eigenvalue weighted by Gasteiger charge is 2.33. The quantitative estimate of drug-likeness (QED) is 0.905. The molecule has 3 rings (SSSR count). The average Bonchev–Trinajstić information content (AvgIpc) is 2.60. The molecular weight excluding hydrogens is 314 g/mol. The third kappa shape index (κ3) is 3.80. The number of methoxy groups -OCH3 is 2. The van der Waals surface area contributed by atoms with Crippen molar-refractivity contribution in [3.8, 4) is 11.5 Å². The largest absolute Gasteiger partial charge is 0.497 e. The van der Waals surface area contributed by atoms with Crippen molar-refractivity contribution in [1.82, 2.24) is 4.90 Å². The highest BCUT2D eigenvalue weighted by molar-refractivity contribution is 5.47. The van der Waals surface area contributed by atoms with Crippen molar-refractivity contribution in [2.75, 3.05) is 27.3 Å². The molecule has 1 heterocycles. The van der Waals surface area contributed by atoms with Crippen LogP contribution in [0, 0.1) is 0 Å². The van der Waals surface area contributed by atoms with E-state index in [2.05, 4.69) is 23.1 Å². The molecule has 4 heteroatoms. The fraction of sp³-hybridized carbons (Fsp3) is 0.429. The smallest absolute Gasteiger partial charge is 0.123 e. The van der Waals surface area contributed by atoms with Gasteiger partial charge in [0, 0.05) is 18.7 Å². The predicted octanol–water partition coefficient (Wildman–Crippen LogP) is 3.42. The molecule has 25 heavy (non-hydrogen) atoms. The van der Waals surface area contributed by atoms with Crippen molar-refractivity contribution >= 4 is 0 Å². The van der Waals surface area contributed by atoms with E-state index < -0.39 is 5.60 Å². The van der Waals surface area contributed by atoms with E-state index in [1.165, 1.54) is 11.1 Å². The summed E-state index contributed by atoms with van der Waals surface area (Å²) in [5, 5.41) is 10.4. The molecule has 1 N–H and O–H groups in total. The molecule has 0 bridgehead atoms. The molecule has 0 radical (unpaired) electrons. The minimum Gasteiger partial charge on any atom is -0.497 e. The zero-order valence-electron chi connectivity index (χ0n) is 15.5. The number of fused-ring (bicyclic) bond motifs is 1. The van der Waals surface area contributed by atoms with Gasteiger partial charge in [-0.05, 0) is 49.6 Å². The van der Waals surface area contributed by atoms with Gasteiger partial charge in [0.1, 0.15) is 11.5 Å². The lowest BCUT2D eigenvalue weighted by Crippen LogP contribution is -2.44. The van der Waals surface area contributed by atoms with Gasteiger partial charge in [0.2, 0.25) is 0 Å². The first-order valence-electron chi connectivity index (χ1n) is 8.69. The Hall–Kier alpha value is -2.04. The van der Waals surface area contributed by atoms with Gasteiger partial charge in [-0.2, -0.15) is 0 Å². The first-order chi connectivity index (χ1) is 11.9. The molecule has 0 fully saturated rings.